The zero-order valence-corrected chi connectivity index (χ0v) is 10.8. The summed E-state index contributed by atoms with van der Waals surface area (Å²) in [5, 5.41) is 3.12. The minimum Gasteiger partial charge on any atom is -1.00 e. The Morgan fingerprint density at radius 1 is 1.35 bits per heavy atom. The van der Waals surface area contributed by atoms with Gasteiger partial charge in [-0.2, -0.15) is 0 Å². The fourth-order valence-corrected chi connectivity index (χ4v) is 1.46. The highest BCUT2D eigenvalue weighted by atomic mass is 35.5. The molecule has 1 aromatic carbocycles. The first-order chi connectivity index (χ1) is 7.81. The van der Waals surface area contributed by atoms with Crippen molar-refractivity contribution < 1.29 is 26.6 Å². The van der Waals surface area contributed by atoms with E-state index in [0.29, 0.717) is 25.9 Å². The molecule has 0 radical (unpaired) electrons. The van der Waals surface area contributed by atoms with E-state index in [4.69, 9.17) is 14.2 Å². The second kappa shape index (κ2) is 6.57. The van der Waals surface area contributed by atoms with E-state index in [2.05, 4.69) is 12.2 Å². The van der Waals surface area contributed by atoms with Crippen molar-refractivity contribution in [2.75, 3.05) is 26.9 Å². The van der Waals surface area contributed by atoms with Gasteiger partial charge in [-0.05, 0) is 26.1 Å². The Morgan fingerprint density at radius 3 is 2.88 bits per heavy atom. The van der Waals surface area contributed by atoms with Gasteiger partial charge in [0.2, 0.25) is 5.75 Å². The first-order valence-corrected chi connectivity index (χ1v) is 5.50. The van der Waals surface area contributed by atoms with Gasteiger partial charge in [0.05, 0.1) is 0 Å². The van der Waals surface area contributed by atoms with E-state index in [0.717, 1.165) is 17.2 Å². The van der Waals surface area contributed by atoms with Crippen LogP contribution in [0, 0.1) is 0 Å². The van der Waals surface area contributed by atoms with Crippen LogP contribution in [0.15, 0.2) is 18.2 Å². The van der Waals surface area contributed by atoms with Crippen LogP contribution in [0.4, 0.5) is 0 Å². The van der Waals surface area contributed by atoms with Crippen molar-refractivity contribution in [3.8, 4) is 17.2 Å². The lowest BCUT2D eigenvalue weighted by Crippen LogP contribution is -3.00. The van der Waals surface area contributed by atoms with Crippen LogP contribution >= 0.6 is 0 Å². The second-order valence-electron chi connectivity index (χ2n) is 3.78. The molecule has 1 N–H and O–H groups in total. The zero-order chi connectivity index (χ0) is 11.4. The van der Waals surface area contributed by atoms with Gasteiger partial charge in [-0.25, -0.2) is 0 Å². The number of hydrogen-bond donors (Lipinski definition) is 1. The smallest absolute Gasteiger partial charge is 0.203 e. The molecule has 0 spiro atoms. The van der Waals surface area contributed by atoms with Crippen molar-refractivity contribution in [3.63, 3.8) is 0 Å². The Bertz CT molecular complexity index is 360. The lowest BCUT2D eigenvalue weighted by atomic mass is 10.2. The Hall–Kier alpha value is -1.13. The number of rotatable bonds is 4. The van der Waals surface area contributed by atoms with E-state index >= 15 is 0 Å². The summed E-state index contributed by atoms with van der Waals surface area (Å²) >= 11 is 0. The van der Waals surface area contributed by atoms with E-state index in [1.54, 1.807) is 0 Å². The van der Waals surface area contributed by atoms with Crippen molar-refractivity contribution in [2.45, 2.75) is 13.0 Å². The first kappa shape index (κ1) is 13.9. The molecule has 1 unspecified atom stereocenters. The standard InChI is InChI=1S/C12H17NO3.ClH/c1-9(13-2)8-16-11-5-3-4-10-12(11)15-7-6-14-10;/h3-5,9,13H,6-8H2,1-2H3;1H/p-1. The average molecular weight is 259 g/mol. The maximum absolute atomic E-state index is 5.69. The Kier molecular flexibility index (Phi) is 5.38. The number of nitrogens with one attached hydrogen (secondary N) is 1. The number of benzene rings is 1. The molecule has 0 aromatic heterocycles. The summed E-state index contributed by atoms with van der Waals surface area (Å²) in [6, 6.07) is 6.01. The molecule has 0 saturated heterocycles. The van der Waals surface area contributed by atoms with Gasteiger partial charge in [-0.3, -0.25) is 0 Å². The number of likely N-dealkylation sites (N-methyl/N-ethyl adjacent to an activating group) is 1. The van der Waals surface area contributed by atoms with Crippen LogP contribution in [0.2, 0.25) is 0 Å². The first-order valence-electron chi connectivity index (χ1n) is 5.50. The molecule has 2 rings (SSSR count). The molecule has 0 saturated carbocycles. The van der Waals surface area contributed by atoms with Gasteiger partial charge in [0, 0.05) is 6.04 Å². The van der Waals surface area contributed by atoms with Gasteiger partial charge >= 0.3 is 0 Å². The van der Waals surface area contributed by atoms with E-state index in [-0.39, 0.29) is 12.4 Å². The largest absolute Gasteiger partial charge is 1.00 e. The molecule has 17 heavy (non-hydrogen) atoms. The minimum atomic E-state index is 0. The van der Waals surface area contributed by atoms with Crippen LogP contribution in [-0.4, -0.2) is 32.9 Å². The highest BCUT2D eigenvalue weighted by Gasteiger charge is 2.16. The Balaban J connectivity index is 0.00000144. The third-order valence-corrected chi connectivity index (χ3v) is 2.51. The third kappa shape index (κ3) is 3.41. The molecule has 1 heterocycles. The molecule has 1 aliphatic rings. The second-order valence-corrected chi connectivity index (χ2v) is 3.78. The quantitative estimate of drug-likeness (QED) is 0.710. The molecular weight excluding hydrogens is 242 g/mol. The topological polar surface area (TPSA) is 39.7 Å². The number of fused-ring (bicyclic) bond motifs is 1. The summed E-state index contributed by atoms with van der Waals surface area (Å²) in [6.07, 6.45) is 0. The van der Waals surface area contributed by atoms with Crippen molar-refractivity contribution in [1.29, 1.82) is 0 Å². The number of hydrogen-bond acceptors (Lipinski definition) is 4. The highest BCUT2D eigenvalue weighted by molar-refractivity contribution is 5.51. The number of ether oxygens (including phenoxy) is 3. The van der Waals surface area contributed by atoms with E-state index in [9.17, 15) is 0 Å². The van der Waals surface area contributed by atoms with Crippen LogP contribution in [0.3, 0.4) is 0 Å². The predicted octanol–water partition coefficient (Wildman–Crippen LogP) is -1.55. The highest BCUT2D eigenvalue weighted by Crippen LogP contribution is 2.38. The van der Waals surface area contributed by atoms with Crippen molar-refractivity contribution in [1.82, 2.24) is 5.32 Å². The van der Waals surface area contributed by atoms with Gasteiger partial charge in [-0.15, -0.1) is 0 Å². The molecule has 1 atom stereocenters. The van der Waals surface area contributed by atoms with Gasteiger partial charge in [0.15, 0.2) is 11.5 Å². The summed E-state index contributed by atoms with van der Waals surface area (Å²) in [4.78, 5) is 0. The molecule has 4 nitrogen and oxygen atoms in total. The normalized spacial score (nSPS) is 14.7. The third-order valence-electron chi connectivity index (χ3n) is 2.51. The van der Waals surface area contributed by atoms with Crippen LogP contribution < -0.4 is 31.9 Å². The molecule has 0 bridgehead atoms. The van der Waals surface area contributed by atoms with Crippen molar-refractivity contribution >= 4 is 0 Å². The lowest BCUT2D eigenvalue weighted by molar-refractivity contribution is -0.00000428. The van der Waals surface area contributed by atoms with Crippen molar-refractivity contribution in [2.24, 2.45) is 0 Å². The average Bonchev–Trinajstić information content (AvgIpc) is 2.35. The van der Waals surface area contributed by atoms with Crippen LogP contribution in [0.5, 0.6) is 17.2 Å². The predicted molar refractivity (Wildman–Crippen MR) is 61.4 cm³/mol. The van der Waals surface area contributed by atoms with Gasteiger partial charge in [0.25, 0.3) is 0 Å². The van der Waals surface area contributed by atoms with Crippen LogP contribution in [0.25, 0.3) is 0 Å². The SMILES string of the molecule is CNC(C)COc1cccc2c1OCCO2.[Cl-]. The molecule has 5 heteroatoms. The summed E-state index contributed by atoms with van der Waals surface area (Å²) in [5.74, 6) is 2.23. The van der Waals surface area contributed by atoms with Gasteiger partial charge in [0.1, 0.15) is 19.8 Å². The zero-order valence-electron chi connectivity index (χ0n) is 10.0. The van der Waals surface area contributed by atoms with Gasteiger partial charge < -0.3 is 31.9 Å². The Morgan fingerprint density at radius 2 is 2.12 bits per heavy atom. The maximum atomic E-state index is 5.69. The van der Waals surface area contributed by atoms with E-state index in [1.807, 2.05) is 25.2 Å². The monoisotopic (exact) mass is 258 g/mol. The summed E-state index contributed by atoms with van der Waals surface area (Å²) in [6.45, 7) is 3.85. The van der Waals surface area contributed by atoms with E-state index < -0.39 is 0 Å². The Labute approximate surface area is 108 Å². The van der Waals surface area contributed by atoms with Gasteiger partial charge in [-0.1, -0.05) is 6.07 Å². The summed E-state index contributed by atoms with van der Waals surface area (Å²) in [7, 11) is 1.91. The van der Waals surface area contributed by atoms with Crippen molar-refractivity contribution in [3.05, 3.63) is 18.2 Å². The maximum Gasteiger partial charge on any atom is 0.203 e. The number of halogens is 1. The van der Waals surface area contributed by atoms with Crippen LogP contribution in [0.1, 0.15) is 6.92 Å². The minimum absolute atomic E-state index is 0. The molecule has 0 fully saturated rings. The lowest BCUT2D eigenvalue weighted by Gasteiger charge is -2.21. The summed E-state index contributed by atoms with van der Waals surface area (Å²) < 4.78 is 16.7. The molecule has 0 aliphatic carbocycles. The molecule has 96 valence electrons. The van der Waals surface area contributed by atoms with E-state index in [1.165, 1.54) is 0 Å². The molecule has 1 aromatic rings. The molecular formula is C12H17ClNO3-. The fourth-order valence-electron chi connectivity index (χ4n) is 1.46. The fraction of sp³-hybridized carbons (Fsp3) is 0.500. The number of para-hydroxylation sites is 1. The molecule has 1 aliphatic heterocycles. The summed E-state index contributed by atoms with van der Waals surface area (Å²) in [5.41, 5.74) is 0. The van der Waals surface area contributed by atoms with Crippen LogP contribution in [-0.2, 0) is 0 Å². The molecule has 0 amide bonds.